The zero-order chi connectivity index (χ0) is 29.9. The quantitative estimate of drug-likeness (QED) is 0.214. The molecule has 0 fully saturated rings. The highest BCUT2D eigenvalue weighted by atomic mass is 35.5. The average Bonchev–Trinajstić information content (AvgIpc) is 3.36. The highest BCUT2D eigenvalue weighted by molar-refractivity contribution is 7.86. The fourth-order valence-electron chi connectivity index (χ4n) is 4.72. The number of aromatic nitrogens is 2. The molecule has 11 nitrogen and oxygen atoms in total. The molecule has 0 saturated carbocycles. The van der Waals surface area contributed by atoms with Crippen LogP contribution in [0.4, 0.5) is 5.69 Å². The van der Waals surface area contributed by atoms with Crippen LogP contribution in [0.3, 0.4) is 0 Å². The van der Waals surface area contributed by atoms with Crippen LogP contribution >= 0.6 is 23.2 Å². The van der Waals surface area contributed by atoms with Gasteiger partial charge in [0.25, 0.3) is 26.1 Å². The van der Waals surface area contributed by atoms with Gasteiger partial charge in [0.05, 0.1) is 42.4 Å². The fourth-order valence-corrected chi connectivity index (χ4v) is 6.11. The molecule has 0 bridgehead atoms. The first kappa shape index (κ1) is 31.1. The van der Waals surface area contributed by atoms with E-state index in [2.05, 4.69) is 0 Å². The summed E-state index contributed by atoms with van der Waals surface area (Å²) in [6.45, 7) is 3.12. The maximum Gasteiger partial charge on any atom is 0.282 e. The Morgan fingerprint density at radius 3 is 2.34 bits per heavy atom. The molecule has 222 valence electrons. The smallest absolute Gasteiger partial charge is 0.282 e. The normalized spacial score (nSPS) is 14.8. The molecule has 0 aliphatic carbocycles. The zero-order valence-electron chi connectivity index (χ0n) is 22.3. The summed E-state index contributed by atoms with van der Waals surface area (Å²) < 4.78 is 79.0. The first-order valence-corrected chi connectivity index (χ1v) is 16.6. The Hall–Kier alpha value is -2.81. The highest BCUT2D eigenvalue weighted by Gasteiger charge is 2.28. The first-order chi connectivity index (χ1) is 19.3. The van der Waals surface area contributed by atoms with Crippen LogP contribution in [-0.2, 0) is 33.3 Å². The number of anilines is 1. The third kappa shape index (κ3) is 7.53. The molecule has 0 amide bonds. The minimum Gasteiger partial charge on any atom is -0.495 e. The molecule has 0 spiro atoms. The number of fused-ring (bicyclic) bond motifs is 2. The van der Waals surface area contributed by atoms with Crippen LogP contribution in [0.5, 0.6) is 11.5 Å². The van der Waals surface area contributed by atoms with Crippen molar-refractivity contribution in [1.82, 2.24) is 4.57 Å². The Labute approximate surface area is 248 Å². The highest BCUT2D eigenvalue weighted by Crippen LogP contribution is 2.44. The van der Waals surface area contributed by atoms with Crippen molar-refractivity contribution in [1.29, 1.82) is 0 Å². The lowest BCUT2D eigenvalue weighted by Gasteiger charge is -2.18. The molecule has 15 heteroatoms. The third-order valence-corrected chi connectivity index (χ3v) is 8.58. The van der Waals surface area contributed by atoms with E-state index in [4.69, 9.17) is 32.7 Å². The van der Waals surface area contributed by atoms with Crippen molar-refractivity contribution in [3.8, 4) is 11.5 Å². The number of nitrogens with zero attached hydrogens (tertiary/aromatic N) is 3. The van der Waals surface area contributed by atoms with E-state index in [1.807, 2.05) is 28.2 Å². The van der Waals surface area contributed by atoms with E-state index in [-0.39, 0.29) is 25.1 Å². The van der Waals surface area contributed by atoms with E-state index in [0.29, 0.717) is 46.2 Å². The van der Waals surface area contributed by atoms with Gasteiger partial charge in [0, 0.05) is 36.2 Å². The van der Waals surface area contributed by atoms with Crippen molar-refractivity contribution in [3.63, 3.8) is 0 Å². The molecule has 1 aromatic heterocycles. The van der Waals surface area contributed by atoms with Gasteiger partial charge in [0.1, 0.15) is 5.75 Å². The number of aryl methyl sites for hydroxylation is 2. The van der Waals surface area contributed by atoms with Crippen LogP contribution in [0.1, 0.15) is 25.6 Å². The van der Waals surface area contributed by atoms with Crippen molar-refractivity contribution in [3.05, 3.63) is 64.2 Å². The van der Waals surface area contributed by atoms with Crippen molar-refractivity contribution < 1.29 is 40.0 Å². The molecule has 0 saturated heterocycles. The predicted octanol–water partition coefficient (Wildman–Crippen LogP) is 4.57. The summed E-state index contributed by atoms with van der Waals surface area (Å²) in [6.07, 6.45) is 5.63. The standard InChI is InChI=1S/C26H29Cl2N3O8S2/c1-3-29-20-10-9-18(27)15-21(20)30(11-5-13-40(32,33)34)25(29)7-4-8-26-31(12-6-14-41(35,36)37)22-16-19(28)23(38-2)17-24(22)39-26/h4,7-10,15-17H,3,5-6,11-14H2,1-2H3,(H-,32,33,34,35,36,37)/p+1. The van der Waals surface area contributed by atoms with Crippen LogP contribution in [-0.4, -0.2) is 55.7 Å². The number of hydrogen-bond donors (Lipinski definition) is 2. The second-order valence-electron chi connectivity index (χ2n) is 9.24. The van der Waals surface area contributed by atoms with Crippen LogP contribution in [0, 0.1) is 0 Å². The lowest BCUT2D eigenvalue weighted by Crippen LogP contribution is -2.35. The molecule has 41 heavy (non-hydrogen) atoms. The van der Waals surface area contributed by atoms with Gasteiger partial charge in [-0.3, -0.25) is 9.11 Å². The maximum atomic E-state index is 11.3. The minimum absolute atomic E-state index is 0.130. The molecule has 3 aromatic rings. The number of methoxy groups -OCH3 is 1. The third-order valence-electron chi connectivity index (χ3n) is 6.45. The molecule has 0 radical (unpaired) electrons. The molecular formula is C26H30Cl2N3O8S2+. The molecule has 4 rings (SSSR count). The van der Waals surface area contributed by atoms with Gasteiger partial charge in [-0.1, -0.05) is 23.2 Å². The SMILES string of the molecule is CC[n+]1c(C=CC=C2Oc3cc(OC)c(Cl)cc3N2CCCS(=O)(=O)O)n(CCCS(=O)(=O)O)c2cc(Cl)ccc21. The number of ether oxygens (including phenoxy) is 2. The number of imidazole rings is 1. The summed E-state index contributed by atoms with van der Waals surface area (Å²) in [5.74, 6) is 1.23. The molecule has 2 aromatic carbocycles. The van der Waals surface area contributed by atoms with Gasteiger partial charge in [-0.15, -0.1) is 0 Å². The summed E-state index contributed by atoms with van der Waals surface area (Å²) in [5.41, 5.74) is 2.32. The summed E-state index contributed by atoms with van der Waals surface area (Å²) in [4.78, 5) is 1.76. The molecule has 0 atom stereocenters. The molecule has 1 aliphatic heterocycles. The molecule has 1 aliphatic rings. The Kier molecular flexibility index (Phi) is 9.56. The number of allylic oxidation sites excluding steroid dienone is 2. The predicted molar refractivity (Wildman–Crippen MR) is 158 cm³/mol. The summed E-state index contributed by atoms with van der Waals surface area (Å²) in [6, 6.07) is 8.77. The maximum absolute atomic E-state index is 11.3. The minimum atomic E-state index is -4.14. The average molecular weight is 648 g/mol. The van der Waals surface area contributed by atoms with E-state index < -0.39 is 26.0 Å². The fraction of sp³-hybridized carbons (Fsp3) is 0.346. The van der Waals surface area contributed by atoms with Gasteiger partial charge >= 0.3 is 0 Å². The van der Waals surface area contributed by atoms with E-state index in [1.54, 1.807) is 41.3 Å². The van der Waals surface area contributed by atoms with E-state index in [9.17, 15) is 25.9 Å². The lowest BCUT2D eigenvalue weighted by molar-refractivity contribution is -0.670. The van der Waals surface area contributed by atoms with Crippen LogP contribution < -0.4 is 18.9 Å². The summed E-state index contributed by atoms with van der Waals surface area (Å²) >= 11 is 12.6. The Bertz CT molecular complexity index is 1730. The molecule has 0 unspecified atom stereocenters. The number of hydrogen-bond acceptors (Lipinski definition) is 7. The molecule has 2 N–H and O–H groups in total. The largest absolute Gasteiger partial charge is 0.495 e. The summed E-state index contributed by atoms with van der Waals surface area (Å²) in [5, 5.41) is 0.877. The molecule has 2 heterocycles. The van der Waals surface area contributed by atoms with Crippen LogP contribution in [0.2, 0.25) is 10.0 Å². The molecular weight excluding hydrogens is 617 g/mol. The van der Waals surface area contributed by atoms with Gasteiger partial charge in [-0.2, -0.15) is 16.8 Å². The number of benzene rings is 2. The summed E-state index contributed by atoms with van der Waals surface area (Å²) in [7, 11) is -6.78. The zero-order valence-corrected chi connectivity index (χ0v) is 25.5. The van der Waals surface area contributed by atoms with Crippen molar-refractivity contribution in [2.24, 2.45) is 0 Å². The first-order valence-electron chi connectivity index (χ1n) is 12.6. The van der Waals surface area contributed by atoms with Gasteiger partial charge < -0.3 is 14.4 Å². The number of halogens is 2. The Balaban J connectivity index is 1.72. The second kappa shape index (κ2) is 12.6. The van der Waals surface area contributed by atoms with Crippen LogP contribution in [0.15, 0.2) is 48.4 Å². The van der Waals surface area contributed by atoms with Crippen molar-refractivity contribution in [2.75, 3.05) is 30.1 Å². The van der Waals surface area contributed by atoms with Crippen LogP contribution in [0.25, 0.3) is 17.1 Å². The Morgan fingerprint density at radius 2 is 1.71 bits per heavy atom. The van der Waals surface area contributed by atoms with Gasteiger partial charge in [-0.05, 0) is 43.7 Å². The van der Waals surface area contributed by atoms with Gasteiger partial charge in [-0.25, -0.2) is 9.13 Å². The van der Waals surface area contributed by atoms with Gasteiger partial charge in [0.15, 0.2) is 16.8 Å². The second-order valence-corrected chi connectivity index (χ2v) is 13.2. The topological polar surface area (TPSA) is 139 Å². The lowest BCUT2D eigenvalue weighted by atomic mass is 10.2. The van der Waals surface area contributed by atoms with E-state index in [1.165, 1.54) is 7.11 Å². The van der Waals surface area contributed by atoms with E-state index >= 15 is 0 Å². The van der Waals surface area contributed by atoms with Gasteiger partial charge in [0.2, 0.25) is 5.88 Å². The van der Waals surface area contributed by atoms with E-state index in [0.717, 1.165) is 16.9 Å². The Morgan fingerprint density at radius 1 is 1.02 bits per heavy atom. The monoisotopic (exact) mass is 646 g/mol. The van der Waals surface area contributed by atoms with Crippen molar-refractivity contribution in [2.45, 2.75) is 32.9 Å². The number of rotatable bonds is 12. The van der Waals surface area contributed by atoms with Crippen molar-refractivity contribution >= 4 is 66.2 Å².